The van der Waals surface area contributed by atoms with Gasteiger partial charge in [-0.2, -0.15) is 0 Å². The average molecular weight is 402 g/mol. The van der Waals surface area contributed by atoms with Gasteiger partial charge in [0.25, 0.3) is 0 Å². The van der Waals surface area contributed by atoms with Gasteiger partial charge in [-0.1, -0.05) is 69.3 Å². The third-order valence-electron chi connectivity index (χ3n) is 5.84. The number of nitrogens with one attached hydrogen (secondary N) is 1. The van der Waals surface area contributed by atoms with E-state index in [0.29, 0.717) is 16.1 Å². The molecule has 0 aliphatic heterocycles. The molecule has 1 fully saturated rings. The summed E-state index contributed by atoms with van der Waals surface area (Å²) in [7, 11) is -1.75. The zero-order chi connectivity index (χ0) is 18.3. The quantitative estimate of drug-likeness (QED) is 0.450. The molecule has 0 bridgehead atoms. The lowest BCUT2D eigenvalue weighted by Gasteiger charge is -2.35. The first-order chi connectivity index (χ1) is 12.0. The van der Waals surface area contributed by atoms with E-state index in [2.05, 4.69) is 26.1 Å². The molecule has 25 heavy (non-hydrogen) atoms. The van der Waals surface area contributed by atoms with Crippen molar-refractivity contribution in [1.29, 1.82) is 0 Å². The lowest BCUT2D eigenvalue weighted by molar-refractivity contribution is 0.177. The van der Waals surface area contributed by atoms with Gasteiger partial charge in [-0.3, -0.25) is 0 Å². The maximum Gasteiger partial charge on any atom is 0.192 e. The molecule has 1 N–H and O–H groups in total. The molecule has 0 amide bonds. The van der Waals surface area contributed by atoms with Gasteiger partial charge in [0.05, 0.1) is 6.10 Å². The number of hydrogen-bond acceptors (Lipinski definition) is 2. The van der Waals surface area contributed by atoms with Gasteiger partial charge in [0.1, 0.15) is 0 Å². The number of rotatable bonds is 9. The zero-order valence-corrected chi connectivity index (χ0v) is 18.4. The highest BCUT2D eigenvalue weighted by Crippen LogP contribution is 2.36. The van der Waals surface area contributed by atoms with Gasteiger partial charge in [-0.15, -0.1) is 0 Å². The predicted molar refractivity (Wildman–Crippen MR) is 112 cm³/mol. The largest absolute Gasteiger partial charge is 0.409 e. The van der Waals surface area contributed by atoms with Crippen LogP contribution in [0.5, 0.6) is 0 Å². The van der Waals surface area contributed by atoms with E-state index >= 15 is 0 Å². The van der Waals surface area contributed by atoms with E-state index in [9.17, 15) is 0 Å². The van der Waals surface area contributed by atoms with Crippen molar-refractivity contribution in [3.8, 4) is 0 Å². The molecule has 5 heteroatoms. The van der Waals surface area contributed by atoms with Crippen LogP contribution in [-0.4, -0.2) is 20.9 Å². The third-order valence-corrected chi connectivity index (χ3v) is 11.2. The molecule has 0 spiro atoms. The Labute approximate surface area is 164 Å². The maximum absolute atomic E-state index is 6.83. The second-order valence-corrected chi connectivity index (χ2v) is 12.8. The molecule has 0 aromatic heterocycles. The fraction of sp³-hybridized carbons (Fsp3) is 0.700. The third kappa shape index (κ3) is 5.70. The lowest BCUT2D eigenvalue weighted by Crippen LogP contribution is -2.42. The standard InChI is InChI=1S/C20H33Cl2NOSi/c1-4-25(5-2,6-3)24-19(15-23-16-11-8-7-9-12-16)20-17(21)13-10-14-18(20)22/h10,13-14,16,19,23H,4-9,11-12,15H2,1-3H3. The summed E-state index contributed by atoms with van der Waals surface area (Å²) in [5, 5.41) is 5.18. The summed E-state index contributed by atoms with van der Waals surface area (Å²) in [6.45, 7) is 7.58. The molecular formula is C20H33Cl2NOSi. The van der Waals surface area contributed by atoms with Crippen LogP contribution in [-0.2, 0) is 4.43 Å². The van der Waals surface area contributed by atoms with Crippen LogP contribution in [0.15, 0.2) is 18.2 Å². The minimum absolute atomic E-state index is 0.0605. The molecule has 2 nitrogen and oxygen atoms in total. The Morgan fingerprint density at radius 2 is 1.60 bits per heavy atom. The summed E-state index contributed by atoms with van der Waals surface area (Å²) in [5.41, 5.74) is 0.960. The van der Waals surface area contributed by atoms with Gasteiger partial charge in [-0.25, -0.2) is 0 Å². The van der Waals surface area contributed by atoms with Crippen molar-refractivity contribution in [3.63, 3.8) is 0 Å². The molecule has 1 aromatic rings. The minimum atomic E-state index is -1.75. The smallest absolute Gasteiger partial charge is 0.192 e. The van der Waals surface area contributed by atoms with Gasteiger partial charge in [-0.05, 0) is 43.1 Å². The second-order valence-electron chi connectivity index (χ2n) is 7.23. The van der Waals surface area contributed by atoms with Crippen molar-refractivity contribution in [2.75, 3.05) is 6.54 Å². The van der Waals surface area contributed by atoms with Gasteiger partial charge in [0.15, 0.2) is 8.32 Å². The Hall–Kier alpha value is -0.0631. The normalized spacial score (nSPS) is 17.6. The molecule has 142 valence electrons. The van der Waals surface area contributed by atoms with E-state index in [1.54, 1.807) is 0 Å². The first-order valence-electron chi connectivity index (χ1n) is 9.90. The lowest BCUT2D eigenvalue weighted by atomic mass is 9.95. The Kier molecular flexibility index (Phi) is 8.77. The summed E-state index contributed by atoms with van der Waals surface area (Å²) in [6.07, 6.45) is 6.49. The fourth-order valence-electron chi connectivity index (χ4n) is 3.90. The van der Waals surface area contributed by atoms with Crippen molar-refractivity contribution in [2.24, 2.45) is 0 Å². The fourth-order valence-corrected chi connectivity index (χ4v) is 7.35. The van der Waals surface area contributed by atoms with E-state index in [-0.39, 0.29) is 6.10 Å². The molecule has 1 aliphatic carbocycles. The summed E-state index contributed by atoms with van der Waals surface area (Å²) in [4.78, 5) is 0. The predicted octanol–water partition coefficient (Wildman–Crippen LogP) is 6.98. The van der Waals surface area contributed by atoms with Crippen LogP contribution < -0.4 is 5.32 Å². The van der Waals surface area contributed by atoms with Crippen LogP contribution in [0.2, 0.25) is 28.2 Å². The Bertz CT molecular complexity index is 502. The first-order valence-corrected chi connectivity index (χ1v) is 13.2. The van der Waals surface area contributed by atoms with Crippen LogP contribution in [0, 0.1) is 0 Å². The molecule has 0 heterocycles. The topological polar surface area (TPSA) is 21.3 Å². The van der Waals surface area contributed by atoms with Crippen molar-refractivity contribution in [3.05, 3.63) is 33.8 Å². The highest BCUT2D eigenvalue weighted by molar-refractivity contribution is 6.73. The highest BCUT2D eigenvalue weighted by Gasteiger charge is 2.34. The molecule has 1 atom stereocenters. The van der Waals surface area contributed by atoms with Crippen LogP contribution in [0.4, 0.5) is 0 Å². The Morgan fingerprint density at radius 1 is 1.04 bits per heavy atom. The molecule has 1 aromatic carbocycles. The summed E-state index contributed by atoms with van der Waals surface area (Å²) in [6, 6.07) is 9.73. The van der Waals surface area contributed by atoms with Crippen LogP contribution >= 0.6 is 23.2 Å². The zero-order valence-electron chi connectivity index (χ0n) is 15.9. The van der Waals surface area contributed by atoms with Gasteiger partial charge in [0.2, 0.25) is 0 Å². The van der Waals surface area contributed by atoms with Crippen LogP contribution in [0.1, 0.15) is 64.5 Å². The maximum atomic E-state index is 6.83. The Morgan fingerprint density at radius 3 is 2.12 bits per heavy atom. The van der Waals surface area contributed by atoms with Crippen molar-refractivity contribution in [1.82, 2.24) is 5.32 Å². The average Bonchev–Trinajstić information content (AvgIpc) is 2.64. The Balaban J connectivity index is 2.21. The van der Waals surface area contributed by atoms with Gasteiger partial charge >= 0.3 is 0 Å². The second kappa shape index (κ2) is 10.3. The van der Waals surface area contributed by atoms with Gasteiger partial charge < -0.3 is 9.74 Å². The number of halogens is 2. The van der Waals surface area contributed by atoms with E-state index in [4.69, 9.17) is 27.6 Å². The van der Waals surface area contributed by atoms with Crippen LogP contribution in [0.3, 0.4) is 0 Å². The van der Waals surface area contributed by atoms with Crippen molar-refractivity contribution < 1.29 is 4.43 Å². The summed E-state index contributed by atoms with van der Waals surface area (Å²) >= 11 is 13.1. The van der Waals surface area contributed by atoms with E-state index in [1.165, 1.54) is 32.1 Å². The molecule has 1 aliphatic rings. The first kappa shape index (κ1) is 21.2. The summed E-state index contributed by atoms with van der Waals surface area (Å²) in [5.74, 6) is 0. The molecular weight excluding hydrogens is 369 g/mol. The molecule has 1 saturated carbocycles. The van der Waals surface area contributed by atoms with Crippen molar-refractivity contribution >= 4 is 31.5 Å². The van der Waals surface area contributed by atoms with E-state index < -0.39 is 8.32 Å². The highest BCUT2D eigenvalue weighted by atomic mass is 35.5. The van der Waals surface area contributed by atoms with Crippen molar-refractivity contribution in [2.45, 2.75) is 83.2 Å². The van der Waals surface area contributed by atoms with Gasteiger partial charge in [0, 0.05) is 28.2 Å². The monoisotopic (exact) mass is 401 g/mol. The molecule has 0 saturated heterocycles. The molecule has 2 rings (SSSR count). The van der Waals surface area contributed by atoms with E-state index in [1.807, 2.05) is 18.2 Å². The molecule has 1 unspecified atom stereocenters. The number of benzene rings is 1. The van der Waals surface area contributed by atoms with E-state index in [0.717, 1.165) is 30.2 Å². The van der Waals surface area contributed by atoms with Crippen LogP contribution in [0.25, 0.3) is 0 Å². The minimum Gasteiger partial charge on any atom is -0.409 e. The summed E-state index contributed by atoms with van der Waals surface area (Å²) < 4.78 is 6.83. The SMILES string of the molecule is CC[Si](CC)(CC)OC(CNC1CCCCC1)c1c(Cl)cccc1Cl. The molecule has 0 radical (unpaired) electrons. The number of hydrogen-bond donors (Lipinski definition) is 1.